The van der Waals surface area contributed by atoms with Crippen LogP contribution in [0, 0.1) is 11.2 Å². The van der Waals surface area contributed by atoms with E-state index in [9.17, 15) is 9.50 Å². The molecular formula is C14H20FNO. The molecule has 2 nitrogen and oxygen atoms in total. The number of hydrogen-bond acceptors (Lipinski definition) is 2. The fraction of sp³-hybridized carbons (Fsp3) is 0.571. The highest BCUT2D eigenvalue weighted by Crippen LogP contribution is 2.50. The molecule has 2 rings (SSSR count). The minimum Gasteiger partial charge on any atom is -0.385 e. The zero-order valence-electron chi connectivity index (χ0n) is 10.2. The van der Waals surface area contributed by atoms with Crippen molar-refractivity contribution in [3.63, 3.8) is 0 Å². The lowest BCUT2D eigenvalue weighted by Crippen LogP contribution is -2.46. The quantitative estimate of drug-likeness (QED) is 0.848. The van der Waals surface area contributed by atoms with E-state index in [0.717, 1.165) is 25.7 Å². The van der Waals surface area contributed by atoms with Crippen LogP contribution in [0.25, 0.3) is 0 Å². The second-order valence-corrected chi connectivity index (χ2v) is 5.27. The molecule has 3 heteroatoms. The highest BCUT2D eigenvalue weighted by molar-refractivity contribution is 5.26. The van der Waals surface area contributed by atoms with E-state index < -0.39 is 5.60 Å². The molecule has 1 fully saturated rings. The zero-order chi connectivity index (χ0) is 12.5. The van der Waals surface area contributed by atoms with Crippen LogP contribution in [0.15, 0.2) is 24.3 Å². The number of hydrogen-bond donors (Lipinski definition) is 2. The summed E-state index contributed by atoms with van der Waals surface area (Å²) in [5, 5.41) is 10.8. The van der Waals surface area contributed by atoms with Gasteiger partial charge >= 0.3 is 0 Å². The molecular weight excluding hydrogens is 217 g/mol. The molecule has 1 aromatic carbocycles. The number of aliphatic hydroxyl groups is 1. The van der Waals surface area contributed by atoms with Crippen LogP contribution in [-0.4, -0.2) is 11.7 Å². The van der Waals surface area contributed by atoms with Gasteiger partial charge in [0.05, 0.1) is 5.60 Å². The van der Waals surface area contributed by atoms with Gasteiger partial charge in [0, 0.05) is 12.0 Å². The first-order valence-electron chi connectivity index (χ1n) is 6.20. The predicted molar refractivity (Wildman–Crippen MR) is 65.9 cm³/mol. The Hall–Kier alpha value is -0.930. The molecule has 94 valence electrons. The second kappa shape index (κ2) is 4.39. The van der Waals surface area contributed by atoms with Crippen molar-refractivity contribution in [1.29, 1.82) is 0 Å². The van der Waals surface area contributed by atoms with Crippen LogP contribution in [0.4, 0.5) is 4.39 Å². The molecule has 0 heterocycles. The molecule has 17 heavy (non-hydrogen) atoms. The Bertz CT molecular complexity index is 397. The third-order valence-electron chi connectivity index (χ3n) is 4.37. The Labute approximate surface area is 102 Å². The smallest absolute Gasteiger partial charge is 0.123 e. The Morgan fingerprint density at radius 2 is 2.06 bits per heavy atom. The summed E-state index contributed by atoms with van der Waals surface area (Å²) in [5.74, 6) is -0.312. The van der Waals surface area contributed by atoms with Gasteiger partial charge in [0.25, 0.3) is 0 Å². The molecule has 1 atom stereocenters. The highest BCUT2D eigenvalue weighted by atomic mass is 19.1. The lowest BCUT2D eigenvalue weighted by atomic mass is 9.68. The van der Waals surface area contributed by atoms with Crippen molar-refractivity contribution < 1.29 is 9.50 Å². The summed E-state index contributed by atoms with van der Waals surface area (Å²) in [6.07, 6.45) is 3.99. The van der Waals surface area contributed by atoms with Crippen molar-refractivity contribution in [2.75, 3.05) is 6.54 Å². The molecule has 0 aromatic heterocycles. The number of benzene rings is 1. The SMILES string of the molecule is CC(O)(c1cccc(F)c1)C1(CN)CCCC1. The maximum absolute atomic E-state index is 13.3. The Morgan fingerprint density at radius 1 is 1.41 bits per heavy atom. The highest BCUT2D eigenvalue weighted by Gasteiger charge is 2.48. The second-order valence-electron chi connectivity index (χ2n) is 5.27. The Morgan fingerprint density at radius 3 is 2.59 bits per heavy atom. The minimum atomic E-state index is -1.06. The molecule has 0 radical (unpaired) electrons. The average Bonchev–Trinajstić information content (AvgIpc) is 2.79. The van der Waals surface area contributed by atoms with E-state index in [0.29, 0.717) is 12.1 Å². The topological polar surface area (TPSA) is 46.2 Å². The fourth-order valence-corrected chi connectivity index (χ4v) is 3.04. The standard InChI is InChI=1S/C14H20FNO/c1-13(17,11-5-4-6-12(15)9-11)14(10-16)7-2-3-8-14/h4-6,9,17H,2-3,7-8,10,16H2,1H3. The average molecular weight is 237 g/mol. The van der Waals surface area contributed by atoms with Gasteiger partial charge < -0.3 is 10.8 Å². The summed E-state index contributed by atoms with van der Waals surface area (Å²) in [7, 11) is 0. The molecule has 3 N–H and O–H groups in total. The molecule has 1 aromatic rings. The summed E-state index contributed by atoms with van der Waals surface area (Å²) >= 11 is 0. The van der Waals surface area contributed by atoms with E-state index in [2.05, 4.69) is 0 Å². The third kappa shape index (κ3) is 1.98. The van der Waals surface area contributed by atoms with Gasteiger partial charge in [-0.3, -0.25) is 0 Å². The van der Waals surface area contributed by atoms with E-state index >= 15 is 0 Å². The van der Waals surface area contributed by atoms with E-state index in [1.807, 2.05) is 0 Å². The molecule has 1 saturated carbocycles. The molecule has 0 spiro atoms. The Kier molecular flexibility index (Phi) is 3.23. The summed E-state index contributed by atoms with van der Waals surface area (Å²) < 4.78 is 13.3. The molecule has 1 aliphatic carbocycles. The van der Waals surface area contributed by atoms with Crippen molar-refractivity contribution in [3.05, 3.63) is 35.6 Å². The van der Waals surface area contributed by atoms with Gasteiger partial charge in [-0.15, -0.1) is 0 Å². The molecule has 1 unspecified atom stereocenters. The normalized spacial score (nSPS) is 22.4. The zero-order valence-corrected chi connectivity index (χ0v) is 10.2. The van der Waals surface area contributed by atoms with Gasteiger partial charge in [0.2, 0.25) is 0 Å². The van der Waals surface area contributed by atoms with E-state index in [1.54, 1.807) is 19.1 Å². The van der Waals surface area contributed by atoms with Crippen molar-refractivity contribution >= 4 is 0 Å². The lowest BCUT2D eigenvalue weighted by molar-refractivity contribution is -0.0695. The monoisotopic (exact) mass is 237 g/mol. The van der Waals surface area contributed by atoms with Crippen LogP contribution in [0.5, 0.6) is 0 Å². The first-order chi connectivity index (χ1) is 8.02. The van der Waals surface area contributed by atoms with Crippen molar-refractivity contribution in [3.8, 4) is 0 Å². The molecule has 1 aliphatic rings. The summed E-state index contributed by atoms with van der Waals surface area (Å²) in [5.41, 5.74) is 5.15. The molecule has 0 amide bonds. The van der Waals surface area contributed by atoms with Crippen molar-refractivity contribution in [1.82, 2.24) is 0 Å². The number of halogens is 1. The van der Waals surface area contributed by atoms with E-state index in [-0.39, 0.29) is 11.2 Å². The summed E-state index contributed by atoms with van der Waals surface area (Å²) in [6.45, 7) is 2.20. The van der Waals surface area contributed by atoms with Crippen LogP contribution in [0.1, 0.15) is 38.2 Å². The predicted octanol–water partition coefficient (Wildman–Crippen LogP) is 2.55. The van der Waals surface area contributed by atoms with Gasteiger partial charge in [-0.05, 0) is 37.5 Å². The van der Waals surface area contributed by atoms with Crippen molar-refractivity contribution in [2.24, 2.45) is 11.1 Å². The van der Waals surface area contributed by atoms with Gasteiger partial charge in [0.1, 0.15) is 5.82 Å². The van der Waals surface area contributed by atoms with E-state index in [1.165, 1.54) is 12.1 Å². The Balaban J connectivity index is 2.40. The first kappa shape index (κ1) is 12.5. The van der Waals surface area contributed by atoms with Crippen LogP contribution < -0.4 is 5.73 Å². The number of nitrogens with two attached hydrogens (primary N) is 1. The first-order valence-corrected chi connectivity index (χ1v) is 6.20. The van der Waals surface area contributed by atoms with Gasteiger partial charge in [-0.2, -0.15) is 0 Å². The van der Waals surface area contributed by atoms with E-state index in [4.69, 9.17) is 5.73 Å². The summed E-state index contributed by atoms with van der Waals surface area (Å²) in [6, 6.07) is 6.22. The largest absolute Gasteiger partial charge is 0.385 e. The molecule has 0 bridgehead atoms. The maximum atomic E-state index is 13.3. The van der Waals surface area contributed by atoms with Gasteiger partial charge in [-0.1, -0.05) is 25.0 Å². The van der Waals surface area contributed by atoms with Crippen LogP contribution in [0.2, 0.25) is 0 Å². The van der Waals surface area contributed by atoms with Gasteiger partial charge in [0.15, 0.2) is 0 Å². The fourth-order valence-electron chi connectivity index (χ4n) is 3.04. The van der Waals surface area contributed by atoms with Crippen LogP contribution >= 0.6 is 0 Å². The van der Waals surface area contributed by atoms with Crippen molar-refractivity contribution in [2.45, 2.75) is 38.2 Å². The minimum absolute atomic E-state index is 0.305. The van der Waals surface area contributed by atoms with Crippen LogP contribution in [0.3, 0.4) is 0 Å². The summed E-state index contributed by atoms with van der Waals surface area (Å²) in [4.78, 5) is 0. The third-order valence-corrected chi connectivity index (χ3v) is 4.37. The molecule has 0 saturated heterocycles. The van der Waals surface area contributed by atoms with Gasteiger partial charge in [-0.25, -0.2) is 4.39 Å². The number of rotatable bonds is 3. The molecule has 0 aliphatic heterocycles. The van der Waals surface area contributed by atoms with Crippen LogP contribution in [-0.2, 0) is 5.60 Å². The maximum Gasteiger partial charge on any atom is 0.123 e. The lowest BCUT2D eigenvalue weighted by Gasteiger charge is -2.42.